The third-order valence-electron chi connectivity index (χ3n) is 4.68. The first-order valence-corrected chi connectivity index (χ1v) is 12.1. The van der Waals surface area contributed by atoms with Gasteiger partial charge in [-0.15, -0.1) is 0 Å². The number of hydrogen-bond donors (Lipinski definition) is 2. The third-order valence-corrected chi connectivity index (χ3v) is 6.96. The first kappa shape index (κ1) is 24.7. The topological polar surface area (TPSA) is 105 Å². The summed E-state index contributed by atoms with van der Waals surface area (Å²) in [5, 5.41) is 1.30. The number of para-hydroxylation sites is 1. The Morgan fingerprint density at radius 3 is 2.42 bits per heavy atom. The van der Waals surface area contributed by atoms with Gasteiger partial charge in [0.05, 0.1) is 22.6 Å². The second kappa shape index (κ2) is 9.93. The van der Waals surface area contributed by atoms with E-state index in [1.165, 1.54) is 31.3 Å². The molecule has 3 aromatic carbocycles. The van der Waals surface area contributed by atoms with Gasteiger partial charge >= 0.3 is 10.2 Å². The molecule has 3 aromatic rings. The Hall–Kier alpha value is -2.90. The summed E-state index contributed by atoms with van der Waals surface area (Å²) < 4.78 is 43.0. The number of carbonyl (C=O) groups is 1. The highest BCUT2D eigenvalue weighted by Crippen LogP contribution is 2.35. The van der Waals surface area contributed by atoms with E-state index >= 15 is 0 Å². The zero-order valence-electron chi connectivity index (χ0n) is 18.0. The van der Waals surface area contributed by atoms with Crippen LogP contribution < -0.4 is 20.4 Å². The number of nitrogens with zero attached hydrogens (tertiary/aromatic N) is 2. The van der Waals surface area contributed by atoms with Gasteiger partial charge in [-0.25, -0.2) is 4.39 Å². The van der Waals surface area contributed by atoms with E-state index in [4.69, 9.17) is 10.6 Å². The molecule has 3 N–H and O–H groups in total. The van der Waals surface area contributed by atoms with Gasteiger partial charge < -0.3 is 10.6 Å². The van der Waals surface area contributed by atoms with Crippen LogP contribution in [0.1, 0.15) is 15.9 Å². The smallest absolute Gasteiger partial charge is 0.301 e. The van der Waals surface area contributed by atoms with Crippen molar-refractivity contribution in [3.8, 4) is 5.75 Å². The number of carbonyl (C=O) groups excluding carboxylic acids is 1. The fourth-order valence-electron chi connectivity index (χ4n) is 2.91. The summed E-state index contributed by atoms with van der Waals surface area (Å²) in [7, 11) is -0.929. The van der Waals surface area contributed by atoms with Gasteiger partial charge in [0.25, 0.3) is 5.91 Å². The van der Waals surface area contributed by atoms with Crippen molar-refractivity contribution < 1.29 is 22.4 Å². The minimum atomic E-state index is -3.73. The van der Waals surface area contributed by atoms with Gasteiger partial charge in [-0.3, -0.25) is 9.52 Å². The average Bonchev–Trinajstić information content (AvgIpc) is 2.76. The minimum absolute atomic E-state index is 0.167. The van der Waals surface area contributed by atoms with Crippen LogP contribution in [0.3, 0.4) is 0 Å². The predicted octanol–water partition coefficient (Wildman–Crippen LogP) is 4.19. The number of rotatable bonds is 8. The maximum atomic E-state index is 14.7. The lowest BCUT2D eigenvalue weighted by molar-refractivity contribution is 0.1000. The van der Waals surface area contributed by atoms with Crippen molar-refractivity contribution >= 4 is 55.8 Å². The van der Waals surface area contributed by atoms with Crippen molar-refractivity contribution in [2.24, 2.45) is 5.73 Å². The van der Waals surface area contributed by atoms with Crippen LogP contribution in [0.4, 0.5) is 21.5 Å². The number of amides is 1. The molecule has 0 aromatic heterocycles. The first-order chi connectivity index (χ1) is 15.5. The summed E-state index contributed by atoms with van der Waals surface area (Å²) in [5.41, 5.74) is 6.93. The fourth-order valence-corrected chi connectivity index (χ4v) is 4.10. The fraction of sp³-hybridized carbons (Fsp3) is 0.136. The molecule has 0 atom stereocenters. The highest BCUT2D eigenvalue weighted by atomic mass is 127. The van der Waals surface area contributed by atoms with Gasteiger partial charge in [-0.05, 0) is 65.9 Å². The normalized spacial score (nSPS) is 11.3. The Balaban J connectivity index is 2.11. The molecule has 0 radical (unpaired) electrons. The standard InChI is InChI=1S/C22H22FIN4O4S/c1-14-19(12-11-18(24)21(14)23)28(20-10-5-4-9-17(20)22(25)29)32-16-8-6-7-15(13-16)26-33(30,31)27(2)3/h4-13,26H,1-3H3,(H2,25,29). The molecular formula is C22H22FIN4O4S. The molecule has 33 heavy (non-hydrogen) atoms. The van der Waals surface area contributed by atoms with E-state index in [-0.39, 0.29) is 17.0 Å². The van der Waals surface area contributed by atoms with Crippen LogP contribution in [0.2, 0.25) is 0 Å². The maximum Gasteiger partial charge on any atom is 0.301 e. The van der Waals surface area contributed by atoms with Gasteiger partial charge in [0.15, 0.2) is 5.75 Å². The Labute approximate surface area is 205 Å². The number of primary amides is 1. The van der Waals surface area contributed by atoms with Crippen molar-refractivity contribution in [1.29, 1.82) is 0 Å². The molecule has 0 bridgehead atoms. The van der Waals surface area contributed by atoms with Gasteiger partial charge in [0, 0.05) is 29.3 Å². The zero-order chi connectivity index (χ0) is 24.3. The second-order valence-corrected chi connectivity index (χ2v) is 10.2. The van der Waals surface area contributed by atoms with Crippen molar-refractivity contribution in [2.45, 2.75) is 6.92 Å². The largest absolute Gasteiger partial charge is 0.375 e. The zero-order valence-corrected chi connectivity index (χ0v) is 21.0. The molecule has 1 amide bonds. The van der Waals surface area contributed by atoms with Crippen LogP contribution in [0.25, 0.3) is 0 Å². The number of halogens is 2. The predicted molar refractivity (Wildman–Crippen MR) is 134 cm³/mol. The van der Waals surface area contributed by atoms with Crippen LogP contribution in [0.15, 0.2) is 60.7 Å². The number of nitrogens with two attached hydrogens (primary N) is 1. The van der Waals surface area contributed by atoms with Gasteiger partial charge in [0.1, 0.15) is 5.82 Å². The van der Waals surface area contributed by atoms with E-state index in [9.17, 15) is 17.6 Å². The third kappa shape index (κ3) is 5.54. The molecular weight excluding hydrogens is 562 g/mol. The summed E-state index contributed by atoms with van der Waals surface area (Å²) in [5.74, 6) is -0.868. The van der Waals surface area contributed by atoms with E-state index in [0.717, 1.165) is 4.31 Å². The lowest BCUT2D eigenvalue weighted by Crippen LogP contribution is -2.29. The molecule has 0 saturated carbocycles. The summed E-state index contributed by atoms with van der Waals surface area (Å²) in [6.07, 6.45) is 0. The number of anilines is 3. The first-order valence-electron chi connectivity index (χ1n) is 9.63. The molecule has 8 nitrogen and oxygen atoms in total. The lowest BCUT2D eigenvalue weighted by atomic mass is 10.1. The van der Waals surface area contributed by atoms with E-state index in [2.05, 4.69) is 4.72 Å². The average molecular weight is 584 g/mol. The van der Waals surface area contributed by atoms with Crippen molar-refractivity contribution in [2.75, 3.05) is 23.9 Å². The molecule has 0 saturated heterocycles. The quantitative estimate of drug-likeness (QED) is 0.305. The lowest BCUT2D eigenvalue weighted by Gasteiger charge is -2.28. The Kier molecular flexibility index (Phi) is 7.44. The molecule has 11 heteroatoms. The Bertz CT molecular complexity index is 1300. The number of benzene rings is 3. The maximum absolute atomic E-state index is 14.7. The highest BCUT2D eigenvalue weighted by Gasteiger charge is 2.22. The minimum Gasteiger partial charge on any atom is -0.375 e. The van der Waals surface area contributed by atoms with E-state index in [0.29, 0.717) is 20.5 Å². The summed E-state index contributed by atoms with van der Waals surface area (Å²) in [6.45, 7) is 1.59. The molecule has 0 heterocycles. The summed E-state index contributed by atoms with van der Waals surface area (Å²) in [6, 6.07) is 16.0. The second-order valence-electron chi connectivity index (χ2n) is 7.19. The van der Waals surface area contributed by atoms with Gasteiger partial charge in [-0.2, -0.15) is 17.8 Å². The van der Waals surface area contributed by atoms with Crippen LogP contribution in [0, 0.1) is 16.3 Å². The van der Waals surface area contributed by atoms with E-state index in [1.807, 2.05) is 22.6 Å². The Morgan fingerprint density at radius 2 is 1.76 bits per heavy atom. The molecule has 0 fully saturated rings. The van der Waals surface area contributed by atoms with Crippen LogP contribution in [-0.4, -0.2) is 32.7 Å². The molecule has 0 aliphatic carbocycles. The van der Waals surface area contributed by atoms with Gasteiger partial charge in [0.2, 0.25) is 0 Å². The number of hydrogen-bond acceptors (Lipinski definition) is 5. The highest BCUT2D eigenvalue weighted by molar-refractivity contribution is 14.1. The molecule has 0 aliphatic heterocycles. The van der Waals surface area contributed by atoms with Crippen molar-refractivity contribution in [3.63, 3.8) is 0 Å². The van der Waals surface area contributed by atoms with Crippen molar-refractivity contribution in [1.82, 2.24) is 4.31 Å². The van der Waals surface area contributed by atoms with Crippen LogP contribution in [-0.2, 0) is 10.2 Å². The molecule has 0 aliphatic rings. The van der Waals surface area contributed by atoms with E-state index < -0.39 is 21.9 Å². The monoisotopic (exact) mass is 584 g/mol. The Morgan fingerprint density at radius 1 is 1.06 bits per heavy atom. The van der Waals surface area contributed by atoms with Gasteiger partial charge in [-0.1, -0.05) is 18.2 Å². The van der Waals surface area contributed by atoms with Crippen LogP contribution >= 0.6 is 22.6 Å². The van der Waals surface area contributed by atoms with Crippen LogP contribution in [0.5, 0.6) is 5.75 Å². The summed E-state index contributed by atoms with van der Waals surface area (Å²) in [4.78, 5) is 18.2. The molecule has 0 spiro atoms. The number of nitrogens with one attached hydrogen (secondary N) is 1. The molecule has 0 unspecified atom stereocenters. The SMILES string of the molecule is Cc1c(N(Oc2cccc(NS(=O)(=O)N(C)C)c2)c2ccccc2C(N)=O)ccc(I)c1F. The van der Waals surface area contributed by atoms with Crippen molar-refractivity contribution in [3.05, 3.63) is 81.2 Å². The molecule has 3 rings (SSSR count). The molecule has 174 valence electrons. The van der Waals surface area contributed by atoms with E-state index in [1.54, 1.807) is 55.5 Å². The summed E-state index contributed by atoms with van der Waals surface area (Å²) >= 11 is 1.89.